The highest BCUT2D eigenvalue weighted by Crippen LogP contribution is 2.50. The molecule has 1 unspecified atom stereocenters. The molecule has 6 nitrogen and oxygen atoms in total. The van der Waals surface area contributed by atoms with Crippen LogP contribution in [0.4, 0.5) is 32.0 Å². The van der Waals surface area contributed by atoms with E-state index in [0.717, 1.165) is 12.1 Å². The van der Waals surface area contributed by atoms with Gasteiger partial charge in [-0.3, -0.25) is 4.79 Å². The summed E-state index contributed by atoms with van der Waals surface area (Å²) in [5.74, 6) is -0.747. The van der Waals surface area contributed by atoms with Crippen LogP contribution in [0.25, 0.3) is 0 Å². The number of carbonyl (C=O) groups excluding carboxylic acids is 1. The van der Waals surface area contributed by atoms with E-state index in [1.807, 2.05) is 0 Å². The molecule has 1 amide bonds. The fraction of sp³-hybridized carbons (Fsp3) is 0.381. The molecule has 3 rings (SSSR count). The van der Waals surface area contributed by atoms with E-state index >= 15 is 0 Å². The van der Waals surface area contributed by atoms with Gasteiger partial charge in [-0.25, -0.2) is 8.42 Å². The van der Waals surface area contributed by atoms with Gasteiger partial charge in [-0.05, 0) is 41.8 Å². The van der Waals surface area contributed by atoms with E-state index in [2.05, 4.69) is 10.6 Å². The number of alkyl halides is 6. The summed E-state index contributed by atoms with van der Waals surface area (Å²) in [6.45, 7) is 1.84. The zero-order chi connectivity index (χ0) is 25.5. The van der Waals surface area contributed by atoms with Crippen molar-refractivity contribution >= 4 is 21.4 Å². The molecule has 186 valence electrons. The molecular weight excluding hydrogens is 490 g/mol. The molecule has 0 radical (unpaired) electrons. The highest BCUT2D eigenvalue weighted by atomic mass is 32.2. The number of carbonyl (C=O) groups is 1. The Labute approximate surface area is 190 Å². The average Bonchev–Trinajstić information content (AvgIpc) is 2.76. The Bertz CT molecular complexity index is 1160. The van der Waals surface area contributed by atoms with Gasteiger partial charge < -0.3 is 15.7 Å². The van der Waals surface area contributed by atoms with Crippen LogP contribution in [0.5, 0.6) is 0 Å². The van der Waals surface area contributed by atoms with E-state index in [4.69, 9.17) is 0 Å². The number of fused-ring (bicyclic) bond motifs is 1. The van der Waals surface area contributed by atoms with Crippen LogP contribution in [-0.4, -0.2) is 44.1 Å². The Balaban J connectivity index is 1.84. The van der Waals surface area contributed by atoms with Gasteiger partial charge in [-0.2, -0.15) is 26.3 Å². The van der Waals surface area contributed by atoms with E-state index in [1.165, 1.54) is 25.1 Å². The first kappa shape index (κ1) is 26.0. The molecule has 0 saturated carbocycles. The third-order valence-corrected chi connectivity index (χ3v) is 7.29. The molecule has 1 heterocycles. The van der Waals surface area contributed by atoms with E-state index in [1.54, 1.807) is 0 Å². The summed E-state index contributed by atoms with van der Waals surface area (Å²) in [5.41, 5.74) is -5.48. The van der Waals surface area contributed by atoms with E-state index in [0.29, 0.717) is 36.2 Å². The summed E-state index contributed by atoms with van der Waals surface area (Å²) in [6, 6.07) is 5.91. The van der Waals surface area contributed by atoms with Gasteiger partial charge in [-0.15, -0.1) is 0 Å². The monoisotopic (exact) mass is 510 g/mol. The van der Waals surface area contributed by atoms with Crippen molar-refractivity contribution in [1.29, 1.82) is 0 Å². The van der Waals surface area contributed by atoms with E-state index < -0.39 is 45.3 Å². The average molecular weight is 510 g/mol. The second-order valence-electron chi connectivity index (χ2n) is 7.67. The van der Waals surface area contributed by atoms with Crippen LogP contribution in [0.3, 0.4) is 0 Å². The molecule has 34 heavy (non-hydrogen) atoms. The van der Waals surface area contributed by atoms with Gasteiger partial charge in [0.05, 0.1) is 10.6 Å². The first-order valence-electron chi connectivity index (χ1n) is 9.98. The lowest BCUT2D eigenvalue weighted by molar-refractivity contribution is -0.376. The number of amides is 1. The molecule has 0 spiro atoms. The quantitative estimate of drug-likeness (QED) is 0.535. The number of benzene rings is 2. The molecule has 2 aromatic carbocycles. The van der Waals surface area contributed by atoms with Crippen LogP contribution in [0.2, 0.25) is 0 Å². The smallest absolute Gasteiger partial charge is 0.369 e. The number of hydrogen-bond acceptors (Lipinski definition) is 5. The number of anilines is 1. The highest BCUT2D eigenvalue weighted by molar-refractivity contribution is 7.91. The van der Waals surface area contributed by atoms with Crippen LogP contribution < -0.4 is 10.6 Å². The van der Waals surface area contributed by atoms with Gasteiger partial charge in [0.1, 0.15) is 6.04 Å². The van der Waals surface area contributed by atoms with Crippen molar-refractivity contribution < 1.29 is 44.7 Å². The molecule has 13 heteroatoms. The predicted molar refractivity (Wildman–Crippen MR) is 110 cm³/mol. The summed E-state index contributed by atoms with van der Waals surface area (Å²) in [4.78, 5) is 12.9. The van der Waals surface area contributed by atoms with Crippen LogP contribution in [0, 0.1) is 0 Å². The van der Waals surface area contributed by atoms with Crippen LogP contribution in [0.15, 0.2) is 47.4 Å². The molecule has 0 saturated heterocycles. The molecular formula is C21H20F6N2O4S. The SMILES string of the molecule is CCS(=O)(=O)c1ccc2c(c1)CCNC2C(=O)Nc1ccc(C(O)(C(F)(F)F)C(F)(F)F)cc1. The number of nitrogens with one attached hydrogen (secondary N) is 2. The molecule has 0 fully saturated rings. The zero-order valence-corrected chi connectivity index (χ0v) is 18.4. The third-order valence-electron chi connectivity index (χ3n) is 5.56. The van der Waals surface area contributed by atoms with Crippen molar-refractivity contribution in [2.24, 2.45) is 0 Å². The molecule has 0 aliphatic carbocycles. The fourth-order valence-electron chi connectivity index (χ4n) is 3.63. The Kier molecular flexibility index (Phi) is 6.77. The second-order valence-corrected chi connectivity index (χ2v) is 9.95. The Morgan fingerprint density at radius 3 is 2.18 bits per heavy atom. The largest absolute Gasteiger partial charge is 0.430 e. The van der Waals surface area contributed by atoms with Gasteiger partial charge in [-0.1, -0.05) is 25.1 Å². The van der Waals surface area contributed by atoms with Crippen LogP contribution >= 0.6 is 0 Å². The van der Waals surface area contributed by atoms with Crippen molar-refractivity contribution in [3.05, 3.63) is 59.2 Å². The van der Waals surface area contributed by atoms with Crippen LogP contribution in [0.1, 0.15) is 29.7 Å². The van der Waals surface area contributed by atoms with E-state index in [-0.39, 0.29) is 16.3 Å². The summed E-state index contributed by atoms with van der Waals surface area (Å²) < 4.78 is 102. The van der Waals surface area contributed by atoms with Crippen molar-refractivity contribution in [3.8, 4) is 0 Å². The summed E-state index contributed by atoms with van der Waals surface area (Å²) in [6.07, 6.45) is -11.6. The lowest BCUT2D eigenvalue weighted by atomic mass is 9.92. The van der Waals surface area contributed by atoms with Crippen molar-refractivity contribution in [2.45, 2.75) is 42.2 Å². The van der Waals surface area contributed by atoms with Gasteiger partial charge in [0.2, 0.25) is 5.91 Å². The summed E-state index contributed by atoms with van der Waals surface area (Å²) in [5, 5.41) is 14.8. The molecule has 0 aromatic heterocycles. The lowest BCUT2D eigenvalue weighted by Gasteiger charge is -2.32. The van der Waals surface area contributed by atoms with E-state index in [9.17, 15) is 44.7 Å². The van der Waals surface area contributed by atoms with Crippen molar-refractivity contribution in [3.63, 3.8) is 0 Å². The standard InChI is InChI=1S/C21H20F6N2O4S/c1-2-34(32,33)15-7-8-16-12(11-15)9-10-28-17(16)18(30)29-14-5-3-13(4-6-14)19(31,20(22,23)24)21(25,26)27/h3-8,11,17,28,31H,2,9-10H2,1H3,(H,29,30). The maximum atomic E-state index is 13.0. The van der Waals surface area contributed by atoms with Crippen molar-refractivity contribution in [2.75, 3.05) is 17.6 Å². The first-order chi connectivity index (χ1) is 15.6. The van der Waals surface area contributed by atoms with Gasteiger partial charge in [0, 0.05) is 17.8 Å². The minimum Gasteiger partial charge on any atom is -0.369 e. The Morgan fingerprint density at radius 1 is 1.06 bits per heavy atom. The lowest BCUT2D eigenvalue weighted by Crippen LogP contribution is -2.53. The third kappa shape index (κ3) is 4.64. The number of halogens is 6. The van der Waals surface area contributed by atoms with Gasteiger partial charge in [0.15, 0.2) is 9.84 Å². The molecule has 1 aliphatic rings. The topological polar surface area (TPSA) is 95.5 Å². The minimum atomic E-state index is -6.02. The molecule has 0 bridgehead atoms. The fourth-order valence-corrected chi connectivity index (χ4v) is 4.56. The molecule has 1 aliphatic heterocycles. The Hall–Kier alpha value is -2.64. The maximum Gasteiger partial charge on any atom is 0.430 e. The number of hydrogen-bond donors (Lipinski definition) is 3. The van der Waals surface area contributed by atoms with Gasteiger partial charge >= 0.3 is 12.4 Å². The summed E-state index contributed by atoms with van der Waals surface area (Å²) in [7, 11) is -3.46. The first-order valence-corrected chi connectivity index (χ1v) is 11.6. The number of sulfone groups is 1. The second kappa shape index (κ2) is 8.86. The number of aliphatic hydroxyl groups is 1. The normalized spacial score (nSPS) is 17.2. The summed E-state index contributed by atoms with van der Waals surface area (Å²) >= 11 is 0. The highest BCUT2D eigenvalue weighted by Gasteiger charge is 2.71. The van der Waals surface area contributed by atoms with Crippen molar-refractivity contribution in [1.82, 2.24) is 5.32 Å². The zero-order valence-electron chi connectivity index (χ0n) is 17.6. The minimum absolute atomic E-state index is 0.0955. The maximum absolute atomic E-state index is 13.0. The molecule has 1 atom stereocenters. The molecule has 3 N–H and O–H groups in total. The molecule has 2 aromatic rings. The predicted octanol–water partition coefficient (Wildman–Crippen LogP) is 3.62. The van der Waals surface area contributed by atoms with Crippen LogP contribution in [-0.2, 0) is 26.7 Å². The Morgan fingerprint density at radius 2 is 1.65 bits per heavy atom. The number of rotatable bonds is 5. The van der Waals surface area contributed by atoms with Gasteiger partial charge in [0.25, 0.3) is 5.60 Å².